The second-order valence-electron chi connectivity index (χ2n) is 7.08. The zero-order valence-electron chi connectivity index (χ0n) is 15.9. The van der Waals surface area contributed by atoms with E-state index in [9.17, 15) is 9.59 Å². The van der Waals surface area contributed by atoms with E-state index in [1.54, 1.807) is 23.1 Å². The molecule has 28 heavy (non-hydrogen) atoms. The van der Waals surface area contributed by atoms with Crippen LogP contribution in [0.3, 0.4) is 0 Å². The molecule has 0 N–H and O–H groups in total. The van der Waals surface area contributed by atoms with E-state index in [1.807, 2.05) is 26.0 Å². The van der Waals surface area contributed by atoms with Crippen molar-refractivity contribution in [2.24, 2.45) is 0 Å². The number of fused-ring (bicyclic) bond motifs is 1. The molecule has 4 rings (SSSR count). The quantitative estimate of drug-likeness (QED) is 0.686. The molecule has 1 atom stereocenters. The Labute approximate surface area is 161 Å². The van der Waals surface area contributed by atoms with Crippen LogP contribution in [0, 0.1) is 13.8 Å². The molecule has 8 heteroatoms. The number of carbonyl (C=O) groups is 1. The number of amides is 1. The second kappa shape index (κ2) is 7.46. The van der Waals surface area contributed by atoms with E-state index in [1.165, 1.54) is 4.57 Å². The predicted octanol–water partition coefficient (Wildman–Crippen LogP) is 2.07. The molecule has 3 heterocycles. The van der Waals surface area contributed by atoms with Crippen LogP contribution in [0.5, 0.6) is 6.01 Å². The molecule has 8 nitrogen and oxygen atoms in total. The number of rotatable bonds is 4. The Morgan fingerprint density at radius 2 is 2.00 bits per heavy atom. The van der Waals surface area contributed by atoms with Gasteiger partial charge in [-0.05, 0) is 44.9 Å². The standard InChI is InChI=1S/C20H22N4O4/c1-13-10-14(2)22-19(21-13)27-15-6-5-9-23(11-15)18(25)12-24-16-7-3-4-8-17(16)28-20(24)26/h3-4,7-8,10,15H,5-6,9,11-12H2,1-2H3. The van der Waals surface area contributed by atoms with E-state index in [-0.39, 0.29) is 18.6 Å². The van der Waals surface area contributed by atoms with Gasteiger partial charge in [0.25, 0.3) is 0 Å². The number of piperidine rings is 1. The maximum atomic E-state index is 12.8. The van der Waals surface area contributed by atoms with Crippen molar-refractivity contribution in [3.05, 3.63) is 52.3 Å². The fraction of sp³-hybridized carbons (Fsp3) is 0.400. The Bertz CT molecular complexity index is 1050. The number of ether oxygens (including phenoxy) is 1. The molecule has 1 amide bonds. The number of oxazole rings is 1. The summed E-state index contributed by atoms with van der Waals surface area (Å²) in [5.74, 6) is -0.661. The molecule has 2 aromatic heterocycles. The predicted molar refractivity (Wildman–Crippen MR) is 102 cm³/mol. The Balaban J connectivity index is 1.46. The van der Waals surface area contributed by atoms with Gasteiger partial charge in [-0.25, -0.2) is 14.8 Å². The van der Waals surface area contributed by atoms with Crippen LogP contribution in [0.15, 0.2) is 39.5 Å². The van der Waals surface area contributed by atoms with Gasteiger partial charge < -0.3 is 14.1 Å². The highest BCUT2D eigenvalue weighted by Gasteiger charge is 2.26. The Morgan fingerprint density at radius 3 is 2.79 bits per heavy atom. The third-order valence-corrected chi connectivity index (χ3v) is 4.83. The van der Waals surface area contributed by atoms with Gasteiger partial charge in [0.1, 0.15) is 12.6 Å². The van der Waals surface area contributed by atoms with Crippen LogP contribution < -0.4 is 10.5 Å². The van der Waals surface area contributed by atoms with Gasteiger partial charge in [0.15, 0.2) is 5.58 Å². The Morgan fingerprint density at radius 1 is 1.25 bits per heavy atom. The number of carbonyl (C=O) groups excluding carboxylic acids is 1. The maximum Gasteiger partial charge on any atom is 0.420 e. The highest BCUT2D eigenvalue weighted by atomic mass is 16.5. The molecule has 1 aromatic carbocycles. The number of hydrogen-bond donors (Lipinski definition) is 0. The molecule has 0 aliphatic carbocycles. The second-order valence-corrected chi connectivity index (χ2v) is 7.08. The number of likely N-dealkylation sites (tertiary alicyclic amines) is 1. The number of aryl methyl sites for hydroxylation is 2. The zero-order chi connectivity index (χ0) is 19.7. The summed E-state index contributed by atoms with van der Waals surface area (Å²) in [6, 6.07) is 9.32. The number of aromatic nitrogens is 3. The van der Waals surface area contributed by atoms with Crippen LogP contribution in [0.4, 0.5) is 0 Å². The van der Waals surface area contributed by atoms with Crippen LogP contribution in [-0.4, -0.2) is 44.5 Å². The largest absolute Gasteiger partial charge is 0.458 e. The summed E-state index contributed by atoms with van der Waals surface area (Å²) in [7, 11) is 0. The average molecular weight is 382 g/mol. The summed E-state index contributed by atoms with van der Waals surface area (Å²) in [6.45, 7) is 4.82. The van der Waals surface area contributed by atoms with Crippen molar-refractivity contribution < 1.29 is 13.9 Å². The first-order valence-electron chi connectivity index (χ1n) is 9.35. The lowest BCUT2D eigenvalue weighted by Crippen LogP contribution is -2.46. The smallest absolute Gasteiger partial charge is 0.420 e. The Kier molecular flexibility index (Phi) is 4.85. The van der Waals surface area contributed by atoms with E-state index in [0.29, 0.717) is 30.2 Å². The fourth-order valence-electron chi connectivity index (χ4n) is 3.56. The minimum Gasteiger partial charge on any atom is -0.458 e. The lowest BCUT2D eigenvalue weighted by molar-refractivity contribution is -0.134. The van der Waals surface area contributed by atoms with E-state index in [2.05, 4.69) is 9.97 Å². The molecular weight excluding hydrogens is 360 g/mol. The molecule has 0 saturated carbocycles. The minimum atomic E-state index is -0.525. The lowest BCUT2D eigenvalue weighted by Gasteiger charge is -2.32. The van der Waals surface area contributed by atoms with Gasteiger partial charge >= 0.3 is 11.8 Å². The van der Waals surface area contributed by atoms with Crippen LogP contribution in [0.1, 0.15) is 24.2 Å². The summed E-state index contributed by atoms with van der Waals surface area (Å²) in [4.78, 5) is 35.3. The van der Waals surface area contributed by atoms with Crippen molar-refractivity contribution >= 4 is 17.0 Å². The summed E-state index contributed by atoms with van der Waals surface area (Å²) in [6.07, 6.45) is 1.48. The fourth-order valence-corrected chi connectivity index (χ4v) is 3.56. The maximum absolute atomic E-state index is 12.8. The van der Waals surface area contributed by atoms with Gasteiger partial charge in [-0.3, -0.25) is 9.36 Å². The van der Waals surface area contributed by atoms with E-state index >= 15 is 0 Å². The normalized spacial score (nSPS) is 17.1. The van der Waals surface area contributed by atoms with E-state index < -0.39 is 5.76 Å². The van der Waals surface area contributed by atoms with E-state index in [0.717, 1.165) is 24.2 Å². The van der Waals surface area contributed by atoms with Gasteiger partial charge in [0, 0.05) is 17.9 Å². The highest BCUT2D eigenvalue weighted by molar-refractivity contribution is 5.79. The summed E-state index contributed by atoms with van der Waals surface area (Å²) < 4.78 is 12.5. The number of benzene rings is 1. The van der Waals surface area contributed by atoms with Gasteiger partial charge in [0.2, 0.25) is 5.91 Å². The average Bonchev–Trinajstić information content (AvgIpc) is 2.96. The summed E-state index contributed by atoms with van der Waals surface area (Å²) >= 11 is 0. The minimum absolute atomic E-state index is 0.0530. The van der Waals surface area contributed by atoms with Crippen LogP contribution in [-0.2, 0) is 11.3 Å². The van der Waals surface area contributed by atoms with Gasteiger partial charge in [-0.2, -0.15) is 0 Å². The molecule has 1 aliphatic heterocycles. The topological polar surface area (TPSA) is 90.5 Å². The van der Waals surface area contributed by atoms with Crippen molar-refractivity contribution in [1.29, 1.82) is 0 Å². The van der Waals surface area contributed by atoms with Crippen molar-refractivity contribution in [2.45, 2.75) is 39.3 Å². The zero-order valence-corrected chi connectivity index (χ0v) is 15.9. The Hall–Kier alpha value is -3.16. The molecule has 3 aromatic rings. The van der Waals surface area contributed by atoms with Gasteiger partial charge in [0.05, 0.1) is 12.1 Å². The van der Waals surface area contributed by atoms with Crippen molar-refractivity contribution in [3.63, 3.8) is 0 Å². The lowest BCUT2D eigenvalue weighted by atomic mass is 10.1. The van der Waals surface area contributed by atoms with Crippen LogP contribution in [0.2, 0.25) is 0 Å². The van der Waals surface area contributed by atoms with Gasteiger partial charge in [-0.1, -0.05) is 12.1 Å². The number of para-hydroxylation sites is 2. The number of nitrogens with zero attached hydrogens (tertiary/aromatic N) is 4. The van der Waals surface area contributed by atoms with Crippen LogP contribution >= 0.6 is 0 Å². The number of hydrogen-bond acceptors (Lipinski definition) is 6. The molecule has 1 unspecified atom stereocenters. The summed E-state index contributed by atoms with van der Waals surface area (Å²) in [5.41, 5.74) is 2.79. The van der Waals surface area contributed by atoms with Crippen molar-refractivity contribution in [1.82, 2.24) is 19.4 Å². The van der Waals surface area contributed by atoms with Crippen molar-refractivity contribution in [3.8, 4) is 6.01 Å². The molecule has 0 bridgehead atoms. The molecule has 1 fully saturated rings. The van der Waals surface area contributed by atoms with Crippen LogP contribution in [0.25, 0.3) is 11.1 Å². The highest BCUT2D eigenvalue weighted by Crippen LogP contribution is 2.18. The first kappa shape index (κ1) is 18.2. The molecule has 1 saturated heterocycles. The van der Waals surface area contributed by atoms with E-state index in [4.69, 9.17) is 9.15 Å². The molecule has 1 aliphatic rings. The molecule has 0 radical (unpaired) electrons. The van der Waals surface area contributed by atoms with Crippen molar-refractivity contribution in [2.75, 3.05) is 13.1 Å². The SMILES string of the molecule is Cc1cc(C)nc(OC2CCCN(C(=O)Cn3c(=O)oc4ccccc43)C2)n1. The first-order valence-corrected chi connectivity index (χ1v) is 9.35. The van der Waals surface area contributed by atoms with Gasteiger partial charge in [-0.15, -0.1) is 0 Å². The first-order chi connectivity index (χ1) is 13.5. The summed E-state index contributed by atoms with van der Waals surface area (Å²) in [5, 5.41) is 0. The third-order valence-electron chi connectivity index (χ3n) is 4.83. The monoisotopic (exact) mass is 382 g/mol. The molecule has 0 spiro atoms. The molecular formula is C20H22N4O4. The third kappa shape index (κ3) is 3.76. The molecule has 146 valence electrons.